The van der Waals surface area contributed by atoms with Gasteiger partial charge >= 0.3 is 0 Å². The normalized spacial score (nSPS) is 35.0. The van der Waals surface area contributed by atoms with Crippen molar-refractivity contribution in [3.63, 3.8) is 0 Å². The molecule has 2 bridgehead atoms. The van der Waals surface area contributed by atoms with Crippen molar-refractivity contribution in [2.24, 2.45) is 23.7 Å². The van der Waals surface area contributed by atoms with Gasteiger partial charge in [0.2, 0.25) is 11.8 Å². The first-order valence-electron chi connectivity index (χ1n) is 7.23. The van der Waals surface area contributed by atoms with Crippen LogP contribution < -0.4 is 4.90 Å². The Balaban J connectivity index is 1.77. The van der Waals surface area contributed by atoms with Crippen LogP contribution in [0.25, 0.3) is 0 Å². The van der Waals surface area contributed by atoms with Crippen LogP contribution in [0.3, 0.4) is 0 Å². The van der Waals surface area contributed by atoms with Crippen LogP contribution in [0, 0.1) is 23.7 Å². The van der Waals surface area contributed by atoms with E-state index in [1.54, 1.807) is 11.8 Å². The minimum atomic E-state index is -0.0313. The van der Waals surface area contributed by atoms with Gasteiger partial charge in [0.15, 0.2) is 0 Å². The molecule has 2 saturated carbocycles. The van der Waals surface area contributed by atoms with Crippen LogP contribution in [-0.2, 0) is 9.59 Å². The van der Waals surface area contributed by atoms with E-state index in [2.05, 4.69) is 0 Å². The third-order valence-electron chi connectivity index (χ3n) is 5.25. The molecule has 4 rings (SSSR count). The van der Waals surface area contributed by atoms with E-state index in [9.17, 15) is 9.59 Å². The first-order valence-corrected chi connectivity index (χ1v) is 8.45. The van der Waals surface area contributed by atoms with E-state index in [0.29, 0.717) is 11.8 Å². The summed E-state index contributed by atoms with van der Waals surface area (Å²) < 4.78 is 0. The highest BCUT2D eigenvalue weighted by atomic mass is 32.2. The zero-order chi connectivity index (χ0) is 13.9. The van der Waals surface area contributed by atoms with Crippen LogP contribution in [-0.4, -0.2) is 18.1 Å². The predicted molar refractivity (Wildman–Crippen MR) is 78.5 cm³/mol. The highest BCUT2D eigenvalue weighted by Gasteiger charge is 2.61. The maximum Gasteiger partial charge on any atom is 0.238 e. The van der Waals surface area contributed by atoms with Crippen LogP contribution in [0.15, 0.2) is 29.2 Å². The molecular weight excluding hydrogens is 270 g/mol. The van der Waals surface area contributed by atoms with Gasteiger partial charge in [-0.05, 0) is 49.5 Å². The van der Waals surface area contributed by atoms with E-state index >= 15 is 0 Å². The second-order valence-corrected chi connectivity index (χ2v) is 6.92. The summed E-state index contributed by atoms with van der Waals surface area (Å²) in [6.45, 7) is 0. The fourth-order valence-electron chi connectivity index (χ4n) is 4.46. The Kier molecular flexibility index (Phi) is 2.71. The SMILES string of the molecule is CSc1ccccc1N1C(=O)C2C3CCC(C3)C2C1=O. The van der Waals surface area contributed by atoms with Crippen molar-refractivity contribution >= 4 is 29.3 Å². The monoisotopic (exact) mass is 287 g/mol. The molecule has 20 heavy (non-hydrogen) atoms. The number of nitrogens with zero attached hydrogens (tertiary/aromatic N) is 1. The summed E-state index contributed by atoms with van der Waals surface area (Å²) in [6.07, 6.45) is 5.32. The van der Waals surface area contributed by atoms with Gasteiger partial charge in [-0.3, -0.25) is 9.59 Å². The Morgan fingerprint density at radius 2 is 1.65 bits per heavy atom. The van der Waals surface area contributed by atoms with Gasteiger partial charge < -0.3 is 0 Å². The Hall–Kier alpha value is -1.29. The summed E-state index contributed by atoms with van der Waals surface area (Å²) in [5.41, 5.74) is 0.781. The highest BCUT2D eigenvalue weighted by molar-refractivity contribution is 7.98. The molecule has 1 saturated heterocycles. The average Bonchev–Trinajstić information content (AvgIpc) is 3.13. The molecule has 1 aliphatic heterocycles. The third kappa shape index (κ3) is 1.48. The fraction of sp³-hybridized carbons (Fsp3) is 0.500. The van der Waals surface area contributed by atoms with E-state index < -0.39 is 0 Å². The second-order valence-electron chi connectivity index (χ2n) is 6.07. The number of rotatable bonds is 2. The molecule has 1 aromatic rings. The number of amides is 2. The summed E-state index contributed by atoms with van der Waals surface area (Å²) >= 11 is 1.59. The lowest BCUT2D eigenvalue weighted by Crippen LogP contribution is -2.33. The van der Waals surface area contributed by atoms with Crippen LogP contribution >= 0.6 is 11.8 Å². The molecule has 0 radical (unpaired) electrons. The molecule has 0 N–H and O–H groups in total. The van der Waals surface area contributed by atoms with Gasteiger partial charge in [-0.25, -0.2) is 4.90 Å². The lowest BCUT2D eigenvalue weighted by molar-refractivity contribution is -0.123. The first kappa shape index (κ1) is 12.5. The van der Waals surface area contributed by atoms with Gasteiger partial charge in [0.05, 0.1) is 17.5 Å². The van der Waals surface area contributed by atoms with Gasteiger partial charge in [0.25, 0.3) is 0 Å². The highest BCUT2D eigenvalue weighted by Crippen LogP contribution is 2.56. The molecule has 0 spiro atoms. The minimum absolute atomic E-state index is 0.0313. The number of carbonyl (C=O) groups excluding carboxylic acids is 2. The van der Waals surface area contributed by atoms with Crippen molar-refractivity contribution in [1.82, 2.24) is 0 Å². The van der Waals surface area contributed by atoms with Crippen LogP contribution in [0.1, 0.15) is 19.3 Å². The van der Waals surface area contributed by atoms with Gasteiger partial charge in [0, 0.05) is 4.90 Å². The van der Waals surface area contributed by atoms with Crippen LogP contribution in [0.2, 0.25) is 0 Å². The van der Waals surface area contributed by atoms with Crippen LogP contribution in [0.4, 0.5) is 5.69 Å². The summed E-state index contributed by atoms with van der Waals surface area (Å²) in [5.74, 6) is 0.940. The molecule has 104 valence electrons. The van der Waals surface area contributed by atoms with Gasteiger partial charge in [-0.15, -0.1) is 11.8 Å². The van der Waals surface area contributed by atoms with E-state index in [-0.39, 0.29) is 23.7 Å². The van der Waals surface area contributed by atoms with Gasteiger partial charge in [-0.2, -0.15) is 0 Å². The molecule has 2 aliphatic carbocycles. The summed E-state index contributed by atoms with van der Waals surface area (Å²) in [4.78, 5) is 28.0. The molecule has 2 amide bonds. The second kappa shape index (κ2) is 4.35. The molecular formula is C16H17NO2S. The number of hydrogen-bond acceptors (Lipinski definition) is 3. The van der Waals surface area contributed by atoms with Crippen molar-refractivity contribution in [2.75, 3.05) is 11.2 Å². The molecule has 3 aliphatic rings. The molecule has 3 nitrogen and oxygen atoms in total. The number of imide groups is 1. The minimum Gasteiger partial charge on any atom is -0.274 e. The van der Waals surface area contributed by atoms with E-state index in [1.807, 2.05) is 30.5 Å². The van der Waals surface area contributed by atoms with Crippen molar-refractivity contribution in [3.05, 3.63) is 24.3 Å². The maximum absolute atomic E-state index is 12.8. The van der Waals surface area contributed by atoms with E-state index in [1.165, 1.54) is 4.90 Å². The summed E-state index contributed by atoms with van der Waals surface area (Å²) in [6, 6.07) is 7.72. The summed E-state index contributed by atoms with van der Waals surface area (Å²) in [7, 11) is 0. The summed E-state index contributed by atoms with van der Waals surface area (Å²) in [5, 5.41) is 0. The average molecular weight is 287 g/mol. The molecule has 0 aromatic heterocycles. The van der Waals surface area contributed by atoms with Crippen molar-refractivity contribution < 1.29 is 9.59 Å². The molecule has 1 heterocycles. The lowest BCUT2D eigenvalue weighted by atomic mass is 9.81. The van der Waals surface area contributed by atoms with Crippen molar-refractivity contribution in [2.45, 2.75) is 24.2 Å². The number of fused-ring (bicyclic) bond motifs is 5. The lowest BCUT2D eigenvalue weighted by Gasteiger charge is -2.19. The number of para-hydroxylation sites is 1. The molecule has 4 unspecified atom stereocenters. The van der Waals surface area contributed by atoms with E-state index in [0.717, 1.165) is 29.8 Å². The maximum atomic E-state index is 12.8. The largest absolute Gasteiger partial charge is 0.274 e. The fourth-order valence-corrected chi connectivity index (χ4v) is 5.04. The molecule has 1 aromatic carbocycles. The smallest absolute Gasteiger partial charge is 0.238 e. The number of anilines is 1. The molecule has 3 fully saturated rings. The Morgan fingerprint density at radius 1 is 1.05 bits per heavy atom. The Bertz CT molecular complexity index is 572. The Labute approximate surface area is 122 Å². The standard InChI is InChI=1S/C16H17NO2S/c1-20-12-5-3-2-4-11(12)17-15(18)13-9-6-7-10(8-9)14(13)16(17)19/h2-5,9-10,13-14H,6-8H2,1H3. The van der Waals surface area contributed by atoms with Crippen molar-refractivity contribution in [1.29, 1.82) is 0 Å². The first-order chi connectivity index (χ1) is 9.72. The molecule has 4 heteroatoms. The van der Waals surface area contributed by atoms with Gasteiger partial charge in [0.1, 0.15) is 0 Å². The van der Waals surface area contributed by atoms with Crippen LogP contribution in [0.5, 0.6) is 0 Å². The van der Waals surface area contributed by atoms with E-state index in [4.69, 9.17) is 0 Å². The topological polar surface area (TPSA) is 37.4 Å². The quantitative estimate of drug-likeness (QED) is 0.620. The number of thioether (sulfide) groups is 1. The molecule has 4 atom stereocenters. The van der Waals surface area contributed by atoms with Crippen molar-refractivity contribution in [3.8, 4) is 0 Å². The zero-order valence-corrected chi connectivity index (χ0v) is 12.2. The van der Waals surface area contributed by atoms with Gasteiger partial charge in [-0.1, -0.05) is 12.1 Å². The third-order valence-corrected chi connectivity index (χ3v) is 6.04. The Morgan fingerprint density at radius 3 is 2.25 bits per heavy atom. The number of hydrogen-bond donors (Lipinski definition) is 0. The predicted octanol–water partition coefficient (Wildman–Crippen LogP) is 2.94. The number of benzene rings is 1. The zero-order valence-electron chi connectivity index (χ0n) is 11.4. The number of carbonyl (C=O) groups is 2.